The largest absolute Gasteiger partial charge is 0.271 e. The van der Waals surface area contributed by atoms with Gasteiger partial charge in [-0.05, 0) is 42.1 Å². The number of nitrogens with zero attached hydrogens (tertiary/aromatic N) is 1. The Labute approximate surface area is 118 Å². The molecule has 0 fully saturated rings. The van der Waals surface area contributed by atoms with Gasteiger partial charge in [0.25, 0.3) is 5.91 Å². The normalized spacial score (nSPS) is 10.8. The van der Waals surface area contributed by atoms with Gasteiger partial charge in [-0.25, -0.2) is 5.43 Å². The van der Waals surface area contributed by atoms with Crippen LogP contribution < -0.4 is 5.43 Å². The van der Waals surface area contributed by atoms with Crippen LogP contribution in [0.1, 0.15) is 20.8 Å². The summed E-state index contributed by atoms with van der Waals surface area (Å²) in [5, 5.41) is 5.94. The predicted molar refractivity (Wildman–Crippen MR) is 78.3 cm³/mol. The molecule has 0 aliphatic carbocycles. The lowest BCUT2D eigenvalue weighted by molar-refractivity contribution is 0.0955. The van der Waals surface area contributed by atoms with E-state index in [1.807, 2.05) is 30.5 Å². The molecule has 0 saturated carbocycles. The molecular weight excluding hydrogens is 312 g/mol. The maximum absolute atomic E-state index is 11.8. The highest BCUT2D eigenvalue weighted by molar-refractivity contribution is 9.10. The molecule has 92 valence electrons. The number of halogens is 1. The summed E-state index contributed by atoms with van der Waals surface area (Å²) in [6.07, 6.45) is 1.66. The van der Waals surface area contributed by atoms with Crippen molar-refractivity contribution in [1.82, 2.24) is 5.43 Å². The average molecular weight is 323 g/mol. The first-order chi connectivity index (χ1) is 8.66. The summed E-state index contributed by atoms with van der Waals surface area (Å²) in [4.78, 5) is 12.8. The zero-order chi connectivity index (χ0) is 13.0. The second kappa shape index (κ2) is 5.93. The number of hydrazone groups is 1. The van der Waals surface area contributed by atoms with Crippen molar-refractivity contribution in [1.29, 1.82) is 0 Å². The molecule has 18 heavy (non-hydrogen) atoms. The van der Waals surface area contributed by atoms with Crippen LogP contribution in [0.15, 0.2) is 45.3 Å². The van der Waals surface area contributed by atoms with E-state index in [0.29, 0.717) is 5.56 Å². The Hall–Kier alpha value is -1.46. The molecule has 0 aliphatic heterocycles. The molecule has 1 N–H and O–H groups in total. The molecule has 1 heterocycles. The number of rotatable bonds is 3. The quantitative estimate of drug-likeness (QED) is 0.681. The summed E-state index contributed by atoms with van der Waals surface area (Å²) in [6, 6.07) is 9.19. The third-order valence-electron chi connectivity index (χ3n) is 2.34. The summed E-state index contributed by atoms with van der Waals surface area (Å²) in [5.41, 5.74) is 4.23. The molecule has 0 atom stereocenters. The fourth-order valence-electron chi connectivity index (χ4n) is 1.36. The van der Waals surface area contributed by atoms with Gasteiger partial charge in [0, 0.05) is 14.9 Å². The maximum Gasteiger partial charge on any atom is 0.271 e. The number of carbonyl (C=O) groups excluding carboxylic acids is 1. The number of hydrogen-bond acceptors (Lipinski definition) is 3. The number of amides is 1. The number of aryl methyl sites for hydroxylation is 1. The van der Waals surface area contributed by atoms with Crippen LogP contribution >= 0.6 is 27.3 Å². The molecule has 1 amide bonds. The van der Waals surface area contributed by atoms with Gasteiger partial charge in [0.05, 0.1) is 6.21 Å². The molecule has 2 aromatic rings. The van der Waals surface area contributed by atoms with E-state index in [2.05, 4.69) is 26.5 Å². The fraction of sp³-hybridized carbons (Fsp3) is 0.0769. The Morgan fingerprint density at radius 3 is 2.94 bits per heavy atom. The van der Waals surface area contributed by atoms with Crippen LogP contribution in [0.4, 0.5) is 0 Å². The molecule has 0 bridgehead atoms. The summed E-state index contributed by atoms with van der Waals surface area (Å²) in [6.45, 7) is 2.01. The molecule has 1 aromatic heterocycles. The van der Waals surface area contributed by atoms with Crippen molar-refractivity contribution in [2.45, 2.75) is 6.92 Å². The smallest absolute Gasteiger partial charge is 0.267 e. The highest BCUT2D eigenvalue weighted by Crippen LogP contribution is 2.13. The third-order valence-corrected chi connectivity index (χ3v) is 3.78. The minimum atomic E-state index is -0.221. The first kappa shape index (κ1) is 13.0. The number of benzene rings is 1. The molecule has 0 saturated heterocycles. The zero-order valence-corrected chi connectivity index (χ0v) is 12.1. The van der Waals surface area contributed by atoms with Crippen LogP contribution in [0.25, 0.3) is 0 Å². The lowest BCUT2D eigenvalue weighted by atomic mass is 10.2. The second-order valence-corrected chi connectivity index (χ2v) is 5.54. The van der Waals surface area contributed by atoms with Gasteiger partial charge in [-0.2, -0.15) is 5.10 Å². The Bertz CT molecular complexity index is 592. The minimum Gasteiger partial charge on any atom is -0.267 e. The monoisotopic (exact) mass is 322 g/mol. The molecule has 3 nitrogen and oxygen atoms in total. The minimum absolute atomic E-state index is 0.221. The topological polar surface area (TPSA) is 41.5 Å². The van der Waals surface area contributed by atoms with Gasteiger partial charge in [0.1, 0.15) is 0 Å². The number of thiophene rings is 1. The van der Waals surface area contributed by atoms with Crippen LogP contribution in [0.3, 0.4) is 0 Å². The molecule has 5 heteroatoms. The second-order valence-electron chi connectivity index (χ2n) is 3.68. The van der Waals surface area contributed by atoms with Gasteiger partial charge >= 0.3 is 0 Å². The van der Waals surface area contributed by atoms with Crippen LogP contribution in [-0.4, -0.2) is 12.1 Å². The molecule has 1 aromatic carbocycles. The van der Waals surface area contributed by atoms with Crippen molar-refractivity contribution in [3.05, 3.63) is 56.2 Å². The van der Waals surface area contributed by atoms with E-state index in [1.165, 1.54) is 0 Å². The SMILES string of the molecule is Cc1ccsc1C=NNC(=O)c1cccc(Br)c1. The zero-order valence-electron chi connectivity index (χ0n) is 9.68. The Morgan fingerprint density at radius 2 is 2.28 bits per heavy atom. The fourth-order valence-corrected chi connectivity index (χ4v) is 2.55. The van der Waals surface area contributed by atoms with Gasteiger partial charge < -0.3 is 0 Å². The van der Waals surface area contributed by atoms with E-state index in [1.54, 1.807) is 29.7 Å². The van der Waals surface area contributed by atoms with Crippen LogP contribution in [0.2, 0.25) is 0 Å². The molecule has 2 rings (SSSR count). The number of nitrogens with one attached hydrogen (secondary N) is 1. The lowest BCUT2D eigenvalue weighted by Crippen LogP contribution is -2.17. The standard InChI is InChI=1S/C13H11BrN2OS/c1-9-5-6-18-12(9)8-15-16-13(17)10-3-2-4-11(14)7-10/h2-8H,1H3,(H,16,17). The Kier molecular flexibility index (Phi) is 4.28. The van der Waals surface area contributed by atoms with Gasteiger partial charge in [0.15, 0.2) is 0 Å². The average Bonchev–Trinajstić information content (AvgIpc) is 2.75. The van der Waals surface area contributed by atoms with E-state index in [0.717, 1.165) is 14.9 Å². The van der Waals surface area contributed by atoms with E-state index in [-0.39, 0.29) is 5.91 Å². The van der Waals surface area contributed by atoms with E-state index < -0.39 is 0 Å². The summed E-state index contributed by atoms with van der Waals surface area (Å²) in [7, 11) is 0. The van der Waals surface area contributed by atoms with Crippen molar-refractivity contribution < 1.29 is 4.79 Å². The summed E-state index contributed by atoms with van der Waals surface area (Å²) >= 11 is 4.91. The van der Waals surface area contributed by atoms with Crippen molar-refractivity contribution in [2.24, 2.45) is 5.10 Å². The highest BCUT2D eigenvalue weighted by atomic mass is 79.9. The van der Waals surface area contributed by atoms with E-state index in [9.17, 15) is 4.79 Å². The molecule has 0 aliphatic rings. The molecule has 0 spiro atoms. The molecule has 0 unspecified atom stereocenters. The number of carbonyl (C=O) groups is 1. The highest BCUT2D eigenvalue weighted by Gasteiger charge is 2.03. The number of hydrogen-bond donors (Lipinski definition) is 1. The summed E-state index contributed by atoms with van der Waals surface area (Å²) in [5.74, 6) is -0.221. The van der Waals surface area contributed by atoms with Crippen molar-refractivity contribution in [3.8, 4) is 0 Å². The van der Waals surface area contributed by atoms with Gasteiger partial charge in [-0.15, -0.1) is 11.3 Å². The predicted octanol–water partition coefficient (Wildman–Crippen LogP) is 3.58. The first-order valence-corrected chi connectivity index (χ1v) is 6.97. The third kappa shape index (κ3) is 3.27. The molecular formula is C13H11BrN2OS. The lowest BCUT2D eigenvalue weighted by Gasteiger charge is -1.99. The maximum atomic E-state index is 11.8. The van der Waals surface area contributed by atoms with Crippen molar-refractivity contribution in [2.75, 3.05) is 0 Å². The Morgan fingerprint density at radius 1 is 1.44 bits per heavy atom. The van der Waals surface area contributed by atoms with Crippen molar-refractivity contribution >= 4 is 39.4 Å². The van der Waals surface area contributed by atoms with E-state index in [4.69, 9.17) is 0 Å². The van der Waals surface area contributed by atoms with Crippen LogP contribution in [-0.2, 0) is 0 Å². The van der Waals surface area contributed by atoms with Crippen LogP contribution in [0, 0.1) is 6.92 Å². The Balaban J connectivity index is 2.01. The first-order valence-electron chi connectivity index (χ1n) is 5.30. The van der Waals surface area contributed by atoms with Crippen molar-refractivity contribution in [3.63, 3.8) is 0 Å². The van der Waals surface area contributed by atoms with Crippen LogP contribution in [0.5, 0.6) is 0 Å². The van der Waals surface area contributed by atoms with Gasteiger partial charge in [-0.1, -0.05) is 22.0 Å². The summed E-state index contributed by atoms with van der Waals surface area (Å²) < 4.78 is 0.869. The van der Waals surface area contributed by atoms with Gasteiger partial charge in [0.2, 0.25) is 0 Å². The molecule has 0 radical (unpaired) electrons. The van der Waals surface area contributed by atoms with E-state index >= 15 is 0 Å². The van der Waals surface area contributed by atoms with Gasteiger partial charge in [-0.3, -0.25) is 4.79 Å².